The Morgan fingerprint density at radius 1 is 1.33 bits per heavy atom. The van der Waals surface area contributed by atoms with Crippen molar-refractivity contribution in [3.05, 3.63) is 35.0 Å². The molecule has 0 saturated heterocycles. The van der Waals surface area contributed by atoms with Gasteiger partial charge in [0.1, 0.15) is 11.3 Å². The lowest BCUT2D eigenvalue weighted by Gasteiger charge is -2.09. The number of aromatic nitrogens is 3. The largest absolute Gasteiger partial charge is 0.312 e. The van der Waals surface area contributed by atoms with Crippen LogP contribution < -0.4 is 5.56 Å². The van der Waals surface area contributed by atoms with Crippen LogP contribution in [0.2, 0.25) is 0 Å². The molecule has 1 aliphatic rings. The molecule has 1 saturated carbocycles. The fourth-order valence-corrected chi connectivity index (χ4v) is 2.62. The van der Waals surface area contributed by atoms with E-state index >= 15 is 0 Å². The summed E-state index contributed by atoms with van der Waals surface area (Å²) >= 11 is 0. The molecule has 0 aliphatic heterocycles. The van der Waals surface area contributed by atoms with Crippen molar-refractivity contribution in [2.24, 2.45) is 5.92 Å². The van der Waals surface area contributed by atoms with Crippen LogP contribution in [0.15, 0.2) is 29.5 Å². The molecule has 5 heteroatoms. The molecule has 1 aliphatic carbocycles. The fraction of sp³-hybridized carbons (Fsp3) is 0.462. The molecule has 0 amide bonds. The molecule has 1 fully saturated rings. The Morgan fingerprint density at radius 3 is 3.00 bits per heavy atom. The first-order chi connectivity index (χ1) is 8.75. The van der Waals surface area contributed by atoms with E-state index in [-0.39, 0.29) is 11.5 Å². The Kier molecular flexibility index (Phi) is 2.74. The molecule has 0 radical (unpaired) electrons. The minimum Gasteiger partial charge on any atom is -0.312 e. The predicted molar refractivity (Wildman–Crippen MR) is 66.4 cm³/mol. The van der Waals surface area contributed by atoms with E-state index < -0.39 is 0 Å². The second-order valence-corrected chi connectivity index (χ2v) is 4.80. The molecule has 0 N–H and O–H groups in total. The highest BCUT2D eigenvalue weighted by Gasteiger charge is 2.23. The number of hydrogen-bond acceptors (Lipinski definition) is 3. The minimum atomic E-state index is -0.0413. The van der Waals surface area contributed by atoms with Crippen molar-refractivity contribution in [3.63, 3.8) is 0 Å². The van der Waals surface area contributed by atoms with Crippen molar-refractivity contribution in [2.45, 2.75) is 32.2 Å². The van der Waals surface area contributed by atoms with Gasteiger partial charge in [-0.05, 0) is 25.3 Å². The molecule has 94 valence electrons. The minimum absolute atomic E-state index is 0.0413. The molecule has 2 aromatic heterocycles. The number of nitrogens with zero attached hydrogens (tertiary/aromatic N) is 3. The summed E-state index contributed by atoms with van der Waals surface area (Å²) in [6.07, 6.45) is 8.57. The highest BCUT2D eigenvalue weighted by atomic mass is 16.1. The van der Waals surface area contributed by atoms with Crippen molar-refractivity contribution < 1.29 is 4.79 Å². The van der Waals surface area contributed by atoms with E-state index in [0.717, 1.165) is 19.3 Å². The quantitative estimate of drug-likeness (QED) is 0.818. The molecule has 18 heavy (non-hydrogen) atoms. The monoisotopic (exact) mass is 245 g/mol. The third kappa shape index (κ3) is 1.85. The Balaban J connectivity index is 1.80. The summed E-state index contributed by atoms with van der Waals surface area (Å²) in [4.78, 5) is 23.6. The van der Waals surface area contributed by atoms with Gasteiger partial charge in [-0.3, -0.25) is 9.59 Å². The van der Waals surface area contributed by atoms with Crippen LogP contribution in [0, 0.1) is 5.92 Å². The predicted octanol–water partition coefficient (Wildman–Crippen LogP) is 1.26. The average molecular weight is 245 g/mol. The van der Waals surface area contributed by atoms with Crippen molar-refractivity contribution in [2.75, 3.05) is 0 Å². The third-order valence-corrected chi connectivity index (χ3v) is 3.69. The number of Topliss-reactive ketones (excluding diaryl/α,β-unsaturated/α-hetero) is 1. The van der Waals surface area contributed by atoms with Crippen molar-refractivity contribution in [1.82, 2.24) is 14.2 Å². The molecule has 0 spiro atoms. The Bertz CT molecular complexity index is 641. The molecule has 1 unspecified atom stereocenters. The SMILES string of the molecule is O=C1CCCC1CCn1ccn2nccc2c1=O. The highest BCUT2D eigenvalue weighted by molar-refractivity contribution is 5.82. The van der Waals surface area contributed by atoms with Crippen molar-refractivity contribution in [1.29, 1.82) is 0 Å². The van der Waals surface area contributed by atoms with E-state index in [1.807, 2.05) is 0 Å². The summed E-state index contributed by atoms with van der Waals surface area (Å²) in [6, 6.07) is 1.71. The van der Waals surface area contributed by atoms with Gasteiger partial charge in [-0.25, -0.2) is 4.52 Å². The second-order valence-electron chi connectivity index (χ2n) is 4.80. The molecule has 3 rings (SSSR count). The molecule has 2 heterocycles. The van der Waals surface area contributed by atoms with Crippen molar-refractivity contribution in [3.8, 4) is 0 Å². The van der Waals surface area contributed by atoms with Gasteiger partial charge in [-0.2, -0.15) is 5.10 Å². The zero-order valence-corrected chi connectivity index (χ0v) is 10.1. The lowest BCUT2D eigenvalue weighted by Crippen LogP contribution is -2.23. The Hall–Kier alpha value is -1.91. The molecule has 0 bridgehead atoms. The number of hydrogen-bond donors (Lipinski definition) is 0. The molecule has 2 aromatic rings. The van der Waals surface area contributed by atoms with E-state index in [4.69, 9.17) is 0 Å². The normalized spacial score (nSPS) is 19.8. The molecule has 5 nitrogen and oxygen atoms in total. The van der Waals surface area contributed by atoms with Gasteiger partial charge in [0.2, 0.25) is 0 Å². The summed E-state index contributed by atoms with van der Waals surface area (Å²) < 4.78 is 3.24. The van der Waals surface area contributed by atoms with Crippen LogP contribution in [-0.2, 0) is 11.3 Å². The average Bonchev–Trinajstić information content (AvgIpc) is 2.98. The third-order valence-electron chi connectivity index (χ3n) is 3.69. The first-order valence-electron chi connectivity index (χ1n) is 6.31. The van der Waals surface area contributed by atoms with Gasteiger partial charge in [-0.15, -0.1) is 0 Å². The van der Waals surface area contributed by atoms with E-state index in [1.54, 1.807) is 33.7 Å². The topological polar surface area (TPSA) is 56.4 Å². The number of fused-ring (bicyclic) bond motifs is 1. The van der Waals surface area contributed by atoms with Gasteiger partial charge in [0.25, 0.3) is 5.56 Å². The summed E-state index contributed by atoms with van der Waals surface area (Å²) in [5.41, 5.74) is 0.538. The van der Waals surface area contributed by atoms with Crippen LogP contribution in [-0.4, -0.2) is 20.0 Å². The summed E-state index contributed by atoms with van der Waals surface area (Å²) in [5, 5.41) is 4.02. The smallest absolute Gasteiger partial charge is 0.276 e. The molecule has 1 atom stereocenters. The first-order valence-corrected chi connectivity index (χ1v) is 6.31. The molecular weight excluding hydrogens is 230 g/mol. The zero-order valence-electron chi connectivity index (χ0n) is 10.1. The maximum atomic E-state index is 12.1. The Labute approximate surface area is 104 Å². The number of carbonyl (C=O) groups is 1. The number of carbonyl (C=O) groups excluding carboxylic acids is 1. The van der Waals surface area contributed by atoms with Gasteiger partial charge < -0.3 is 4.57 Å². The van der Waals surface area contributed by atoms with Crippen LogP contribution in [0.4, 0.5) is 0 Å². The van der Waals surface area contributed by atoms with Crippen molar-refractivity contribution >= 4 is 11.3 Å². The maximum Gasteiger partial charge on any atom is 0.276 e. The van der Waals surface area contributed by atoms with Gasteiger partial charge in [0.05, 0.1) is 6.20 Å². The van der Waals surface area contributed by atoms with Gasteiger partial charge in [0, 0.05) is 31.3 Å². The van der Waals surface area contributed by atoms with Crippen LogP contribution in [0.5, 0.6) is 0 Å². The Morgan fingerprint density at radius 2 is 2.22 bits per heavy atom. The zero-order chi connectivity index (χ0) is 12.5. The standard InChI is InChI=1S/C13H15N3O2/c17-12-3-1-2-10(12)5-7-15-8-9-16-11(13(15)18)4-6-14-16/h4,6,8-10H,1-3,5,7H2. The summed E-state index contributed by atoms with van der Waals surface area (Å²) in [7, 11) is 0. The summed E-state index contributed by atoms with van der Waals surface area (Å²) in [6.45, 7) is 0.608. The van der Waals surface area contributed by atoms with Gasteiger partial charge in [-0.1, -0.05) is 0 Å². The lowest BCUT2D eigenvalue weighted by atomic mass is 10.0. The fourth-order valence-electron chi connectivity index (χ4n) is 2.62. The lowest BCUT2D eigenvalue weighted by molar-refractivity contribution is -0.120. The van der Waals surface area contributed by atoms with Crippen LogP contribution in [0.1, 0.15) is 25.7 Å². The first kappa shape index (κ1) is 11.2. The van der Waals surface area contributed by atoms with E-state index in [9.17, 15) is 9.59 Å². The van der Waals surface area contributed by atoms with E-state index in [1.165, 1.54) is 0 Å². The van der Waals surface area contributed by atoms with E-state index in [2.05, 4.69) is 5.10 Å². The van der Waals surface area contributed by atoms with Crippen LogP contribution >= 0.6 is 0 Å². The highest BCUT2D eigenvalue weighted by Crippen LogP contribution is 2.24. The number of rotatable bonds is 3. The second kappa shape index (κ2) is 4.40. The van der Waals surface area contributed by atoms with Crippen LogP contribution in [0.3, 0.4) is 0 Å². The molecule has 0 aromatic carbocycles. The molecular formula is C13H15N3O2. The number of ketones is 1. The van der Waals surface area contributed by atoms with E-state index in [0.29, 0.717) is 24.3 Å². The summed E-state index contributed by atoms with van der Waals surface area (Å²) in [5.74, 6) is 0.506. The van der Waals surface area contributed by atoms with Gasteiger partial charge >= 0.3 is 0 Å². The maximum absolute atomic E-state index is 12.1. The van der Waals surface area contributed by atoms with Crippen LogP contribution in [0.25, 0.3) is 5.52 Å². The van der Waals surface area contributed by atoms with Gasteiger partial charge in [0.15, 0.2) is 0 Å². The number of aryl methyl sites for hydroxylation is 1.